The maximum absolute atomic E-state index is 5.02. The molecule has 1 unspecified atom stereocenters. The van der Waals surface area contributed by atoms with E-state index in [9.17, 15) is 0 Å². The van der Waals surface area contributed by atoms with Gasteiger partial charge in [-0.25, -0.2) is 4.98 Å². The molecular formula is C15H25N3O. The number of pyridine rings is 1. The smallest absolute Gasteiger partial charge is 0.131 e. The fraction of sp³-hybridized carbons (Fsp3) is 0.667. The van der Waals surface area contributed by atoms with Gasteiger partial charge in [-0.2, -0.15) is 0 Å². The second-order valence-electron chi connectivity index (χ2n) is 5.49. The summed E-state index contributed by atoms with van der Waals surface area (Å²) in [4.78, 5) is 7.05. The number of rotatable bonds is 6. The number of nitrogens with zero attached hydrogens (tertiary/aromatic N) is 2. The number of anilines is 1. The van der Waals surface area contributed by atoms with Crippen molar-refractivity contribution in [3.63, 3.8) is 0 Å². The van der Waals surface area contributed by atoms with Gasteiger partial charge in [-0.3, -0.25) is 0 Å². The molecule has 0 bridgehead atoms. The Bertz CT molecular complexity index is 408. The first-order valence-corrected chi connectivity index (χ1v) is 7.11. The molecule has 1 aliphatic heterocycles. The van der Waals surface area contributed by atoms with Gasteiger partial charge >= 0.3 is 0 Å². The maximum Gasteiger partial charge on any atom is 0.131 e. The van der Waals surface area contributed by atoms with Gasteiger partial charge in [-0.15, -0.1) is 0 Å². The van der Waals surface area contributed by atoms with E-state index in [-0.39, 0.29) is 0 Å². The molecule has 19 heavy (non-hydrogen) atoms. The molecule has 0 spiro atoms. The van der Waals surface area contributed by atoms with Crippen molar-refractivity contribution in [2.75, 3.05) is 38.3 Å². The number of ether oxygens (including phenoxy) is 1. The van der Waals surface area contributed by atoms with Gasteiger partial charge in [0.25, 0.3) is 0 Å². The largest absolute Gasteiger partial charge is 0.383 e. The standard InChI is InChI=1S/C15H25N3O/c1-12-4-6-18(11-12)15-13(2)8-14(10-17-15)9-16-5-7-19-3/h8,10,12,16H,4-7,9,11H2,1-3H3. The molecule has 1 aliphatic rings. The summed E-state index contributed by atoms with van der Waals surface area (Å²) in [5.74, 6) is 1.95. The number of hydrogen-bond acceptors (Lipinski definition) is 4. The molecule has 0 amide bonds. The van der Waals surface area contributed by atoms with E-state index in [0.29, 0.717) is 0 Å². The summed E-state index contributed by atoms with van der Waals surface area (Å²) >= 11 is 0. The van der Waals surface area contributed by atoms with Crippen molar-refractivity contribution >= 4 is 5.82 Å². The third-order valence-electron chi connectivity index (χ3n) is 3.64. The molecule has 0 saturated carbocycles. The Labute approximate surface area is 116 Å². The van der Waals surface area contributed by atoms with Crippen LogP contribution < -0.4 is 10.2 Å². The predicted octanol–water partition coefficient (Wildman–Crippen LogP) is 1.97. The fourth-order valence-electron chi connectivity index (χ4n) is 2.59. The molecule has 1 atom stereocenters. The van der Waals surface area contributed by atoms with Crippen molar-refractivity contribution in [3.8, 4) is 0 Å². The molecular weight excluding hydrogens is 238 g/mol. The van der Waals surface area contributed by atoms with E-state index in [4.69, 9.17) is 4.74 Å². The van der Waals surface area contributed by atoms with E-state index in [1.165, 1.54) is 17.5 Å². The van der Waals surface area contributed by atoms with E-state index in [1.807, 2.05) is 6.20 Å². The Morgan fingerprint density at radius 3 is 3.00 bits per heavy atom. The first-order valence-electron chi connectivity index (χ1n) is 7.11. The topological polar surface area (TPSA) is 37.4 Å². The molecule has 0 aromatic carbocycles. The number of nitrogens with one attached hydrogen (secondary N) is 1. The third-order valence-corrected chi connectivity index (χ3v) is 3.64. The summed E-state index contributed by atoms with van der Waals surface area (Å²) in [6.07, 6.45) is 3.27. The number of aromatic nitrogens is 1. The second-order valence-corrected chi connectivity index (χ2v) is 5.49. The highest BCUT2D eigenvalue weighted by atomic mass is 16.5. The van der Waals surface area contributed by atoms with Crippen molar-refractivity contribution in [2.45, 2.75) is 26.8 Å². The van der Waals surface area contributed by atoms with Gasteiger partial charge < -0.3 is 15.0 Å². The van der Waals surface area contributed by atoms with Crippen molar-refractivity contribution in [3.05, 3.63) is 23.4 Å². The molecule has 0 radical (unpaired) electrons. The van der Waals surface area contributed by atoms with Gasteiger partial charge in [-0.05, 0) is 36.5 Å². The number of hydrogen-bond donors (Lipinski definition) is 1. The highest BCUT2D eigenvalue weighted by molar-refractivity contribution is 5.48. The predicted molar refractivity (Wildman–Crippen MR) is 78.6 cm³/mol. The van der Waals surface area contributed by atoms with E-state index >= 15 is 0 Å². The van der Waals surface area contributed by atoms with Crippen LogP contribution in [-0.4, -0.2) is 38.3 Å². The molecule has 2 rings (SSSR count). The summed E-state index contributed by atoms with van der Waals surface area (Å²) in [6, 6.07) is 2.24. The minimum atomic E-state index is 0.746. The lowest BCUT2D eigenvalue weighted by Gasteiger charge is -2.19. The average molecular weight is 263 g/mol. The van der Waals surface area contributed by atoms with Crippen molar-refractivity contribution in [1.29, 1.82) is 0 Å². The third kappa shape index (κ3) is 3.91. The van der Waals surface area contributed by atoms with E-state index in [2.05, 4.69) is 35.1 Å². The Morgan fingerprint density at radius 2 is 2.37 bits per heavy atom. The Morgan fingerprint density at radius 1 is 1.53 bits per heavy atom. The van der Waals surface area contributed by atoms with Gasteiger partial charge in [0.2, 0.25) is 0 Å². The van der Waals surface area contributed by atoms with Crippen LogP contribution >= 0.6 is 0 Å². The lowest BCUT2D eigenvalue weighted by atomic mass is 10.2. The molecule has 1 N–H and O–H groups in total. The Balaban J connectivity index is 1.93. The van der Waals surface area contributed by atoms with Gasteiger partial charge in [0.05, 0.1) is 6.61 Å². The quantitative estimate of drug-likeness (QED) is 0.796. The Kier molecular flexibility index (Phi) is 5.16. The monoisotopic (exact) mass is 263 g/mol. The maximum atomic E-state index is 5.02. The molecule has 1 saturated heterocycles. The summed E-state index contributed by atoms with van der Waals surface area (Å²) in [7, 11) is 1.72. The number of aryl methyl sites for hydroxylation is 1. The van der Waals surface area contributed by atoms with Gasteiger partial charge in [0, 0.05) is 39.5 Å². The molecule has 2 heterocycles. The van der Waals surface area contributed by atoms with Crippen molar-refractivity contribution < 1.29 is 4.74 Å². The average Bonchev–Trinajstić information content (AvgIpc) is 2.81. The van der Waals surface area contributed by atoms with Crippen molar-refractivity contribution in [1.82, 2.24) is 10.3 Å². The summed E-state index contributed by atoms with van der Waals surface area (Å²) in [6.45, 7) is 9.22. The molecule has 4 heteroatoms. The van der Waals surface area contributed by atoms with Crippen LogP contribution in [0.1, 0.15) is 24.5 Å². The SMILES string of the molecule is COCCNCc1cnc(N2CCC(C)C2)c(C)c1. The summed E-state index contributed by atoms with van der Waals surface area (Å²) in [5, 5.41) is 3.35. The zero-order valence-electron chi connectivity index (χ0n) is 12.3. The highest BCUT2D eigenvalue weighted by Gasteiger charge is 2.21. The van der Waals surface area contributed by atoms with E-state index in [0.717, 1.165) is 44.5 Å². The molecule has 106 valence electrons. The molecule has 1 aromatic heterocycles. The highest BCUT2D eigenvalue weighted by Crippen LogP contribution is 2.24. The van der Waals surface area contributed by atoms with Gasteiger partial charge in [0.15, 0.2) is 0 Å². The molecule has 1 fully saturated rings. The van der Waals surface area contributed by atoms with Crippen LogP contribution in [0, 0.1) is 12.8 Å². The summed E-state index contributed by atoms with van der Waals surface area (Å²) in [5.41, 5.74) is 2.52. The molecule has 1 aromatic rings. The number of methoxy groups -OCH3 is 1. The zero-order chi connectivity index (χ0) is 13.7. The van der Waals surface area contributed by atoms with Gasteiger partial charge in [-0.1, -0.05) is 6.92 Å². The van der Waals surface area contributed by atoms with Crippen molar-refractivity contribution in [2.24, 2.45) is 5.92 Å². The van der Waals surface area contributed by atoms with Crippen LogP contribution in [0.15, 0.2) is 12.3 Å². The second kappa shape index (κ2) is 6.87. The lowest BCUT2D eigenvalue weighted by Crippen LogP contribution is -2.22. The van der Waals surface area contributed by atoms with Crippen LogP contribution in [0.3, 0.4) is 0 Å². The van der Waals surface area contributed by atoms with Crippen LogP contribution in [0.25, 0.3) is 0 Å². The minimum absolute atomic E-state index is 0.746. The van der Waals surface area contributed by atoms with Crippen LogP contribution in [0.4, 0.5) is 5.82 Å². The van der Waals surface area contributed by atoms with E-state index < -0.39 is 0 Å². The van der Waals surface area contributed by atoms with Gasteiger partial charge in [0.1, 0.15) is 5.82 Å². The molecule has 0 aliphatic carbocycles. The first kappa shape index (κ1) is 14.3. The lowest BCUT2D eigenvalue weighted by molar-refractivity contribution is 0.199. The first-order chi connectivity index (χ1) is 9.20. The van der Waals surface area contributed by atoms with E-state index in [1.54, 1.807) is 7.11 Å². The summed E-state index contributed by atoms with van der Waals surface area (Å²) < 4.78 is 5.02. The molecule has 4 nitrogen and oxygen atoms in total. The van der Waals surface area contributed by atoms with Crippen LogP contribution in [0.2, 0.25) is 0 Å². The normalized spacial score (nSPS) is 19.1. The Hall–Kier alpha value is -1.13. The zero-order valence-corrected chi connectivity index (χ0v) is 12.3. The minimum Gasteiger partial charge on any atom is -0.383 e. The van der Waals surface area contributed by atoms with Crippen LogP contribution in [-0.2, 0) is 11.3 Å². The van der Waals surface area contributed by atoms with Crippen LogP contribution in [0.5, 0.6) is 0 Å². The fourth-order valence-corrected chi connectivity index (χ4v) is 2.59.